The molecule has 0 bridgehead atoms. The molecule has 2 aromatic heterocycles. The number of rotatable bonds is 4. The molecule has 0 spiro atoms. The Hall–Kier alpha value is -3.23. The molecule has 0 aliphatic carbocycles. The average molecular weight is 472 g/mol. The summed E-state index contributed by atoms with van der Waals surface area (Å²) in [5.41, 5.74) is 1.63. The van der Waals surface area contributed by atoms with Crippen molar-refractivity contribution in [1.29, 1.82) is 0 Å². The first-order valence-electron chi connectivity index (χ1n) is 9.96. The largest absolute Gasteiger partial charge is 0.489 e. The van der Waals surface area contributed by atoms with Crippen molar-refractivity contribution in [3.05, 3.63) is 78.9 Å². The first kappa shape index (κ1) is 20.7. The van der Waals surface area contributed by atoms with E-state index in [1.165, 1.54) is 11.6 Å². The number of fused-ring (bicyclic) bond motifs is 3. The topological polar surface area (TPSA) is 74.3 Å². The highest BCUT2D eigenvalue weighted by atomic mass is 35.5. The van der Waals surface area contributed by atoms with Crippen molar-refractivity contribution < 1.29 is 4.74 Å². The summed E-state index contributed by atoms with van der Waals surface area (Å²) < 4.78 is 10.3. The highest BCUT2D eigenvalue weighted by Crippen LogP contribution is 2.34. The van der Waals surface area contributed by atoms with E-state index in [2.05, 4.69) is 4.98 Å². The van der Waals surface area contributed by atoms with Gasteiger partial charge in [0.2, 0.25) is 5.95 Å². The van der Waals surface area contributed by atoms with Gasteiger partial charge in [-0.25, -0.2) is 4.79 Å². The lowest BCUT2D eigenvalue weighted by molar-refractivity contribution is 0.306. The summed E-state index contributed by atoms with van der Waals surface area (Å²) in [6.45, 7) is 1.46. The summed E-state index contributed by atoms with van der Waals surface area (Å²) in [5, 5.41) is 1.10. The van der Waals surface area contributed by atoms with E-state index < -0.39 is 5.69 Å². The van der Waals surface area contributed by atoms with Crippen LogP contribution in [0.5, 0.6) is 5.75 Å². The Morgan fingerprint density at radius 2 is 1.72 bits per heavy atom. The molecule has 0 fully saturated rings. The van der Waals surface area contributed by atoms with Crippen LogP contribution in [0, 0.1) is 0 Å². The molecule has 1 aliphatic rings. The molecule has 0 unspecified atom stereocenters. The molecule has 0 saturated carbocycles. The van der Waals surface area contributed by atoms with Gasteiger partial charge in [-0.05, 0) is 24.3 Å². The van der Waals surface area contributed by atoms with Crippen molar-refractivity contribution in [2.45, 2.75) is 13.2 Å². The van der Waals surface area contributed by atoms with E-state index in [0.29, 0.717) is 46.0 Å². The average Bonchev–Trinajstić information content (AvgIpc) is 3.35. The first-order valence-corrected chi connectivity index (χ1v) is 10.7. The van der Waals surface area contributed by atoms with Crippen LogP contribution in [-0.2, 0) is 27.2 Å². The van der Waals surface area contributed by atoms with Crippen LogP contribution in [0.2, 0.25) is 10.0 Å². The minimum absolute atomic E-state index is 0.235. The zero-order valence-electron chi connectivity index (χ0n) is 17.4. The third-order valence-electron chi connectivity index (χ3n) is 5.69. The Kier molecular flexibility index (Phi) is 4.98. The van der Waals surface area contributed by atoms with Crippen molar-refractivity contribution in [3.8, 4) is 5.75 Å². The second-order valence-electron chi connectivity index (χ2n) is 7.58. The monoisotopic (exact) mass is 471 g/mol. The molecule has 4 aromatic rings. The Labute approximate surface area is 192 Å². The molecule has 5 rings (SSSR count). The van der Waals surface area contributed by atoms with Crippen molar-refractivity contribution >= 4 is 46.0 Å². The van der Waals surface area contributed by atoms with E-state index in [1.54, 1.807) is 25.2 Å². The van der Waals surface area contributed by atoms with E-state index >= 15 is 0 Å². The van der Waals surface area contributed by atoms with Gasteiger partial charge in [0.1, 0.15) is 12.4 Å². The van der Waals surface area contributed by atoms with Gasteiger partial charge in [-0.1, -0.05) is 35.3 Å². The Morgan fingerprint density at radius 3 is 2.47 bits per heavy atom. The molecule has 2 aromatic carbocycles. The number of ether oxygens (including phenoxy) is 1. The molecule has 0 N–H and O–H groups in total. The fourth-order valence-corrected chi connectivity index (χ4v) is 4.47. The van der Waals surface area contributed by atoms with Crippen LogP contribution in [0.15, 0.2) is 52.1 Å². The number of benzene rings is 2. The van der Waals surface area contributed by atoms with E-state index in [9.17, 15) is 9.59 Å². The summed E-state index contributed by atoms with van der Waals surface area (Å²) >= 11 is 12.5. The lowest BCUT2D eigenvalue weighted by atomic mass is 10.2. The number of hydrogen-bond donors (Lipinski definition) is 0. The zero-order chi connectivity index (χ0) is 22.6. The molecule has 32 heavy (non-hydrogen) atoms. The molecule has 8 nitrogen and oxygen atoms in total. The zero-order valence-corrected chi connectivity index (χ0v) is 18.9. The van der Waals surface area contributed by atoms with E-state index in [1.807, 2.05) is 33.7 Å². The third kappa shape index (κ3) is 3.18. The van der Waals surface area contributed by atoms with Crippen LogP contribution in [-0.4, -0.2) is 25.2 Å². The van der Waals surface area contributed by atoms with Gasteiger partial charge in [-0.3, -0.25) is 13.9 Å². The normalized spacial score (nSPS) is 13.1. The molecule has 164 valence electrons. The number of halogens is 2. The van der Waals surface area contributed by atoms with Crippen LogP contribution in [0.1, 0.15) is 5.56 Å². The number of anilines is 2. The SMILES string of the molecule is Cn1c(=O)c2c(nc3n2CCN3c2cccc(OCc3c(Cl)cccc3Cl)c2)n(C)c1=O. The predicted molar refractivity (Wildman–Crippen MR) is 124 cm³/mol. The maximum absolute atomic E-state index is 12.7. The molecule has 0 saturated heterocycles. The number of imidazole rings is 1. The molecular formula is C22H19Cl2N5O3. The quantitative estimate of drug-likeness (QED) is 0.455. The van der Waals surface area contributed by atoms with Crippen molar-refractivity contribution in [3.63, 3.8) is 0 Å². The van der Waals surface area contributed by atoms with Gasteiger partial charge in [0, 0.05) is 54.5 Å². The first-order chi connectivity index (χ1) is 15.4. The van der Waals surface area contributed by atoms with Crippen LogP contribution in [0.25, 0.3) is 11.2 Å². The number of aryl methyl sites for hydroxylation is 1. The van der Waals surface area contributed by atoms with E-state index in [4.69, 9.17) is 27.9 Å². The van der Waals surface area contributed by atoms with Crippen LogP contribution >= 0.6 is 23.2 Å². The fourth-order valence-electron chi connectivity index (χ4n) is 3.96. The lowest BCUT2D eigenvalue weighted by Crippen LogP contribution is -2.37. The molecule has 10 heteroatoms. The van der Waals surface area contributed by atoms with E-state index in [0.717, 1.165) is 15.8 Å². The summed E-state index contributed by atoms with van der Waals surface area (Å²) in [6.07, 6.45) is 0. The number of hydrogen-bond acceptors (Lipinski definition) is 5. The maximum atomic E-state index is 12.7. The third-order valence-corrected chi connectivity index (χ3v) is 6.40. The molecule has 0 amide bonds. The second kappa shape index (κ2) is 7.72. The smallest absolute Gasteiger partial charge is 0.332 e. The van der Waals surface area contributed by atoms with Gasteiger partial charge < -0.3 is 14.2 Å². The van der Waals surface area contributed by atoms with Gasteiger partial charge in [-0.15, -0.1) is 0 Å². The Bertz CT molecular complexity index is 1470. The van der Waals surface area contributed by atoms with Crippen LogP contribution < -0.4 is 20.9 Å². The Balaban J connectivity index is 1.49. The maximum Gasteiger partial charge on any atom is 0.332 e. The van der Waals surface area contributed by atoms with Crippen molar-refractivity contribution in [2.24, 2.45) is 14.1 Å². The summed E-state index contributed by atoms with van der Waals surface area (Å²) in [6, 6.07) is 12.9. The van der Waals surface area contributed by atoms with Crippen molar-refractivity contribution in [1.82, 2.24) is 18.7 Å². The number of nitrogens with zero attached hydrogens (tertiary/aromatic N) is 5. The summed E-state index contributed by atoms with van der Waals surface area (Å²) in [7, 11) is 3.09. The van der Waals surface area contributed by atoms with Crippen molar-refractivity contribution in [2.75, 3.05) is 11.4 Å². The van der Waals surface area contributed by atoms with Gasteiger partial charge >= 0.3 is 5.69 Å². The van der Waals surface area contributed by atoms with Gasteiger partial charge in [0.15, 0.2) is 11.2 Å². The molecule has 3 heterocycles. The summed E-state index contributed by atoms with van der Waals surface area (Å²) in [5.74, 6) is 1.26. The van der Waals surface area contributed by atoms with Gasteiger partial charge in [0.25, 0.3) is 5.56 Å². The molecule has 0 radical (unpaired) electrons. The molecule has 0 atom stereocenters. The standard InChI is InChI=1S/C22H19Cl2N5O3/c1-26-19-18(20(30)27(2)22(26)31)29-10-9-28(21(29)25-19)13-5-3-6-14(11-13)32-12-15-16(23)7-4-8-17(15)24/h3-8,11H,9-10,12H2,1-2H3. The second-order valence-corrected chi connectivity index (χ2v) is 8.39. The van der Waals surface area contributed by atoms with Crippen LogP contribution in [0.3, 0.4) is 0 Å². The van der Waals surface area contributed by atoms with Gasteiger partial charge in [-0.2, -0.15) is 4.98 Å². The molecular weight excluding hydrogens is 453 g/mol. The Morgan fingerprint density at radius 1 is 1.00 bits per heavy atom. The van der Waals surface area contributed by atoms with Gasteiger partial charge in [0.05, 0.1) is 0 Å². The number of aromatic nitrogens is 4. The summed E-state index contributed by atoms with van der Waals surface area (Å²) in [4.78, 5) is 31.6. The minimum atomic E-state index is -0.403. The lowest BCUT2D eigenvalue weighted by Gasteiger charge is -2.17. The molecule has 1 aliphatic heterocycles. The fraction of sp³-hybridized carbons (Fsp3) is 0.227. The minimum Gasteiger partial charge on any atom is -0.489 e. The highest BCUT2D eigenvalue weighted by molar-refractivity contribution is 6.35. The predicted octanol–water partition coefficient (Wildman–Crippen LogP) is 3.47. The highest BCUT2D eigenvalue weighted by Gasteiger charge is 2.28. The van der Waals surface area contributed by atoms with Crippen LogP contribution in [0.4, 0.5) is 11.6 Å². The van der Waals surface area contributed by atoms with E-state index in [-0.39, 0.29) is 12.2 Å².